The number of halogens is 2. The summed E-state index contributed by atoms with van der Waals surface area (Å²) in [6, 6.07) is 17.5. The van der Waals surface area contributed by atoms with E-state index in [0.29, 0.717) is 29.2 Å². The van der Waals surface area contributed by atoms with Crippen molar-refractivity contribution in [2.75, 3.05) is 4.57 Å². The minimum absolute atomic E-state index is 0. The number of para-hydroxylation sites is 4. The van der Waals surface area contributed by atoms with Crippen molar-refractivity contribution in [1.82, 2.24) is 0 Å². The van der Waals surface area contributed by atoms with Gasteiger partial charge < -0.3 is 17.3 Å². The van der Waals surface area contributed by atoms with E-state index in [1.165, 1.54) is 17.8 Å². The van der Waals surface area contributed by atoms with E-state index in [-0.39, 0.29) is 7.43 Å². The van der Waals surface area contributed by atoms with Gasteiger partial charge >= 0.3 is 35.6 Å². The number of rotatable bonds is 4. The van der Waals surface area contributed by atoms with Gasteiger partial charge in [0.1, 0.15) is 0 Å². The second-order valence-corrected chi connectivity index (χ2v) is 18.8. The Morgan fingerprint density at radius 3 is 1.92 bits per heavy atom. The van der Waals surface area contributed by atoms with Gasteiger partial charge in [-0.25, -0.2) is 0 Å². The van der Waals surface area contributed by atoms with Crippen molar-refractivity contribution >= 4 is 49.6 Å². The second-order valence-electron chi connectivity index (χ2n) is 11.7. The molecule has 1 fully saturated rings. The van der Waals surface area contributed by atoms with Gasteiger partial charge in [0.15, 0.2) is 8.24 Å². The average molecular weight is 590 g/mol. The van der Waals surface area contributed by atoms with Crippen LogP contribution in [0.25, 0.3) is 5.32 Å². The van der Waals surface area contributed by atoms with Crippen molar-refractivity contribution in [3.05, 3.63) is 84.6 Å². The summed E-state index contributed by atoms with van der Waals surface area (Å²) < 4.78 is 2.75. The van der Waals surface area contributed by atoms with Crippen molar-refractivity contribution in [3.63, 3.8) is 0 Å². The molecule has 1 aliphatic heterocycles. The molecule has 0 saturated heterocycles. The maximum atomic E-state index is 5.03. The van der Waals surface area contributed by atoms with Crippen LogP contribution in [-0.4, -0.2) is 8.24 Å². The Morgan fingerprint density at radius 1 is 0.919 bits per heavy atom. The quantitative estimate of drug-likeness (QED) is 0.256. The first-order chi connectivity index (χ1) is 17.1. The summed E-state index contributed by atoms with van der Waals surface area (Å²) in [5.74, 6) is 3.24. The standard InChI is InChI=1S/C30H39N2Si.CH3.2ClH.Ti/c1-19(2)22-17-23(20(3)4)30-21(5)16-29(24(30)18-22)33(6,7)32-27-14-10-8-12-25(27)31-26-13-9-11-15-28(26)32;;;;/h8-15,17-21,24,29-30H,16H2,1-7H3;1H3;2*1H;/q2*-1;;;+2/p-2/t21-,24+,29?,30+;;;;/m0..../s1. The number of benzene rings is 2. The molecule has 0 N–H and O–H groups in total. The van der Waals surface area contributed by atoms with E-state index >= 15 is 0 Å². The van der Waals surface area contributed by atoms with Crippen LogP contribution < -0.4 is 4.57 Å². The van der Waals surface area contributed by atoms with Crippen LogP contribution in [0.1, 0.15) is 41.0 Å². The summed E-state index contributed by atoms with van der Waals surface area (Å²) in [5.41, 5.74) is 8.78. The van der Waals surface area contributed by atoms with E-state index in [4.69, 9.17) is 23.9 Å². The van der Waals surface area contributed by atoms with Gasteiger partial charge in [-0.3, -0.25) is 0 Å². The molecule has 200 valence electrons. The Bertz CT molecular complexity index is 1100. The van der Waals surface area contributed by atoms with Gasteiger partial charge in [-0.1, -0.05) is 102 Å². The number of hydrogen-bond donors (Lipinski definition) is 0. The topological polar surface area (TPSA) is 17.3 Å². The first kappa shape index (κ1) is 30.6. The molecule has 0 aromatic heterocycles. The molecule has 0 spiro atoms. The number of allylic oxidation sites excluding steroid dienone is 4. The monoisotopic (exact) mass is 588 g/mol. The SMILES string of the molecule is CC(C)C1=C[C@@H]2C([Si](C)(C)N3c4ccccc4[N-]c4ccccc43)C[C@H](C)[C@@H]2C(C(C)C)=C1.[CH3-].[Cl][Ti][Cl]. The Morgan fingerprint density at radius 2 is 1.43 bits per heavy atom. The molecule has 3 aliphatic rings. The van der Waals surface area contributed by atoms with Crippen LogP contribution in [-0.2, 0) is 17.0 Å². The maximum absolute atomic E-state index is 5.03. The summed E-state index contributed by atoms with van der Waals surface area (Å²) in [7, 11) is 7.83. The Hall–Kier alpha value is -0.969. The fraction of sp³-hybridized carbons (Fsp3) is 0.452. The molecule has 2 aromatic carbocycles. The van der Waals surface area contributed by atoms with E-state index in [9.17, 15) is 0 Å². The second kappa shape index (κ2) is 12.5. The minimum atomic E-state index is -1.95. The molecule has 37 heavy (non-hydrogen) atoms. The van der Waals surface area contributed by atoms with E-state index in [2.05, 4.69) is 113 Å². The van der Waals surface area contributed by atoms with Crippen LogP contribution in [0.5, 0.6) is 0 Å². The fourth-order valence-corrected chi connectivity index (χ4v) is 11.0. The van der Waals surface area contributed by atoms with Gasteiger partial charge in [0.25, 0.3) is 0 Å². The summed E-state index contributed by atoms with van der Waals surface area (Å²) in [6.07, 6.45) is 6.57. The Kier molecular flexibility index (Phi) is 10.3. The van der Waals surface area contributed by atoms with E-state index in [0.717, 1.165) is 17.3 Å². The van der Waals surface area contributed by atoms with Crippen molar-refractivity contribution < 1.29 is 17.0 Å². The van der Waals surface area contributed by atoms with Gasteiger partial charge in [0.2, 0.25) is 0 Å². The number of nitrogens with zero attached hydrogens (tertiary/aromatic N) is 2. The Balaban J connectivity index is 0.000000908. The molecule has 2 aromatic rings. The number of anilines is 2. The first-order valence-electron chi connectivity index (χ1n) is 13.2. The first-order valence-corrected chi connectivity index (χ1v) is 20.5. The van der Waals surface area contributed by atoms with Crippen molar-refractivity contribution in [2.45, 2.75) is 59.7 Å². The van der Waals surface area contributed by atoms with Crippen LogP contribution in [0.15, 0.2) is 71.8 Å². The summed E-state index contributed by atoms with van der Waals surface area (Å²) in [6.45, 7) is 17.2. The molecular weight excluding hydrogens is 547 g/mol. The van der Waals surface area contributed by atoms with Crippen LogP contribution in [0.3, 0.4) is 0 Å². The number of hydrogen-bond acceptors (Lipinski definition) is 1. The molecule has 1 saturated carbocycles. The molecule has 2 nitrogen and oxygen atoms in total. The third-order valence-electron chi connectivity index (χ3n) is 8.52. The molecular formula is C31H42Cl2N2SiTi-2. The van der Waals surface area contributed by atoms with Gasteiger partial charge in [0.05, 0.1) is 0 Å². The summed E-state index contributed by atoms with van der Waals surface area (Å²) >= 11 is -0.556. The van der Waals surface area contributed by atoms with Crippen LogP contribution in [0, 0.1) is 37.0 Å². The predicted molar refractivity (Wildman–Crippen MR) is 164 cm³/mol. The molecule has 1 unspecified atom stereocenters. The molecule has 5 rings (SSSR count). The van der Waals surface area contributed by atoms with E-state index < -0.39 is 25.3 Å². The zero-order chi connectivity index (χ0) is 26.2. The predicted octanol–water partition coefficient (Wildman–Crippen LogP) is 11.3. The fourth-order valence-electron chi connectivity index (χ4n) is 6.88. The molecule has 2 aliphatic carbocycles. The zero-order valence-corrected chi connectivity index (χ0v) is 27.7. The van der Waals surface area contributed by atoms with Crippen molar-refractivity contribution in [1.29, 1.82) is 0 Å². The molecule has 0 bridgehead atoms. The van der Waals surface area contributed by atoms with Crippen LogP contribution >= 0.6 is 18.6 Å². The third-order valence-corrected chi connectivity index (χ3v) is 12.6. The normalized spacial score (nSPS) is 23.9. The van der Waals surface area contributed by atoms with E-state index in [1.54, 1.807) is 11.1 Å². The van der Waals surface area contributed by atoms with E-state index in [1.807, 2.05) is 0 Å². The van der Waals surface area contributed by atoms with Crippen LogP contribution in [0.2, 0.25) is 18.6 Å². The zero-order valence-electron chi connectivity index (χ0n) is 23.6. The summed E-state index contributed by atoms with van der Waals surface area (Å²) in [5, 5.41) is 5.03. The molecule has 6 heteroatoms. The van der Waals surface area contributed by atoms with Crippen LogP contribution in [0.4, 0.5) is 22.7 Å². The Labute approximate surface area is 243 Å². The number of fused-ring (bicyclic) bond motifs is 3. The molecule has 0 radical (unpaired) electrons. The molecule has 4 atom stereocenters. The van der Waals surface area contributed by atoms with Crippen molar-refractivity contribution in [2.24, 2.45) is 29.6 Å². The average Bonchev–Trinajstić information content (AvgIpc) is 3.19. The van der Waals surface area contributed by atoms with Gasteiger partial charge in [-0.15, -0.1) is 11.4 Å². The van der Waals surface area contributed by atoms with Gasteiger partial charge in [-0.2, -0.15) is 0 Å². The van der Waals surface area contributed by atoms with Crippen molar-refractivity contribution in [3.8, 4) is 0 Å². The summed E-state index contributed by atoms with van der Waals surface area (Å²) in [4.78, 5) is 0. The molecule has 1 heterocycles. The molecule has 0 amide bonds. The van der Waals surface area contributed by atoms with Gasteiger partial charge in [-0.05, 0) is 59.3 Å². The van der Waals surface area contributed by atoms with Gasteiger partial charge in [0, 0.05) is 11.4 Å². The third kappa shape index (κ3) is 5.82.